The molecular formula is C31H37F2NO7. The molecule has 0 radical (unpaired) electrons. The number of aliphatic hydroxyl groups excluding tert-OH is 1. The summed E-state index contributed by atoms with van der Waals surface area (Å²) < 4.78 is 50.3. The van der Waals surface area contributed by atoms with Gasteiger partial charge in [0.25, 0.3) is 0 Å². The zero-order valence-corrected chi connectivity index (χ0v) is 23.7. The van der Waals surface area contributed by atoms with Crippen molar-refractivity contribution in [2.75, 3.05) is 6.61 Å². The van der Waals surface area contributed by atoms with E-state index >= 15 is 8.78 Å². The van der Waals surface area contributed by atoms with Gasteiger partial charge in [0.2, 0.25) is 5.60 Å². The molecule has 8 nitrogen and oxygen atoms in total. The summed E-state index contributed by atoms with van der Waals surface area (Å²) in [4.78, 5) is 39.3. The summed E-state index contributed by atoms with van der Waals surface area (Å²) in [7, 11) is 0. The van der Waals surface area contributed by atoms with Gasteiger partial charge in [0.05, 0.1) is 6.10 Å². The maximum atomic E-state index is 17.5. The number of ether oxygens (including phenoxy) is 3. The number of hydrogen-bond donors (Lipinski definition) is 1. The van der Waals surface area contributed by atoms with Crippen LogP contribution < -0.4 is 0 Å². The van der Waals surface area contributed by atoms with Crippen molar-refractivity contribution in [3.05, 3.63) is 23.6 Å². The van der Waals surface area contributed by atoms with Crippen molar-refractivity contribution in [1.82, 2.24) is 0 Å². The van der Waals surface area contributed by atoms with E-state index in [-0.39, 0.29) is 49.1 Å². The highest BCUT2D eigenvalue weighted by Gasteiger charge is 2.78. The molecule has 0 aromatic carbocycles. The van der Waals surface area contributed by atoms with Crippen molar-refractivity contribution in [2.24, 2.45) is 40.4 Å². The average Bonchev–Trinajstić information content (AvgIpc) is 3.59. The molecule has 11 atom stereocenters. The van der Waals surface area contributed by atoms with Crippen molar-refractivity contribution >= 4 is 17.9 Å². The van der Waals surface area contributed by atoms with Crippen LogP contribution in [0.1, 0.15) is 72.1 Å². The van der Waals surface area contributed by atoms with E-state index in [1.54, 1.807) is 19.9 Å². The first kappa shape index (κ1) is 28.3. The Morgan fingerprint density at radius 3 is 2.61 bits per heavy atom. The summed E-state index contributed by atoms with van der Waals surface area (Å²) >= 11 is 0. The van der Waals surface area contributed by atoms with Crippen molar-refractivity contribution in [3.63, 3.8) is 0 Å². The number of halogens is 2. The Hall–Kier alpha value is -2.80. The third kappa shape index (κ3) is 3.66. The second-order valence-corrected chi connectivity index (χ2v) is 13.7. The molecule has 0 saturated heterocycles. The molecule has 0 aromatic heterocycles. The molecule has 10 heteroatoms. The number of nitriles is 1. The zero-order chi connectivity index (χ0) is 29.5. The van der Waals surface area contributed by atoms with E-state index in [0.717, 1.165) is 25.7 Å². The standard InChI is InChI=1S/C31H37F2NO7/c1-16-10-20-21-14-23(32)22-13-19(35)6-7-28(22,2)30(21,33)25(36)15-29(20,3)31(16,26(37)39-9-8-34)41-27(38)40-24-12-17-4-5-18(24)11-17/h6-7,16-18,20-21,24-25,36H,4-5,9-15H2,1-3H3/t16-,17+,18-,20+,21+,24-,25+,28+,29+,30+,31+/m1/s1. The second kappa shape index (κ2) is 9.35. The van der Waals surface area contributed by atoms with Gasteiger partial charge in [-0.3, -0.25) is 4.79 Å². The molecule has 6 aliphatic rings. The molecule has 0 spiro atoms. The maximum absolute atomic E-state index is 17.5. The van der Waals surface area contributed by atoms with Gasteiger partial charge in [-0.25, -0.2) is 18.4 Å². The molecule has 0 aromatic rings. The predicted molar refractivity (Wildman–Crippen MR) is 139 cm³/mol. The van der Waals surface area contributed by atoms with E-state index in [1.807, 2.05) is 0 Å². The summed E-state index contributed by atoms with van der Waals surface area (Å²) in [6.45, 7) is 4.27. The highest BCUT2D eigenvalue weighted by molar-refractivity contribution is 5.93. The molecule has 41 heavy (non-hydrogen) atoms. The summed E-state index contributed by atoms with van der Waals surface area (Å²) in [6, 6.07) is 1.76. The monoisotopic (exact) mass is 573 g/mol. The first-order valence-corrected chi connectivity index (χ1v) is 14.7. The van der Waals surface area contributed by atoms with Crippen LogP contribution in [0.2, 0.25) is 0 Å². The SMILES string of the molecule is C[C@@H]1C[C@H]2[C@@H]3CC(F)=C4CC(=O)C=C[C@]4(C)[C@@]3(F)[C@@H](O)C[C@]2(C)[C@@]1(OC(=O)O[C@@H]1C[C@H]2CC[C@@H]1C2)C(=O)OCC#N. The molecule has 222 valence electrons. The van der Waals surface area contributed by atoms with Crippen LogP contribution in [0.15, 0.2) is 23.6 Å². The van der Waals surface area contributed by atoms with Gasteiger partial charge in [0.15, 0.2) is 18.1 Å². The highest BCUT2D eigenvalue weighted by Crippen LogP contribution is 2.71. The highest BCUT2D eigenvalue weighted by atomic mass is 19.1. The Morgan fingerprint density at radius 2 is 1.95 bits per heavy atom. The molecule has 0 aliphatic heterocycles. The van der Waals surface area contributed by atoms with Crippen LogP contribution in [-0.4, -0.2) is 53.1 Å². The normalized spacial score (nSPS) is 47.7. The fourth-order valence-corrected chi connectivity index (χ4v) is 10.0. The fourth-order valence-electron chi connectivity index (χ4n) is 10.0. The van der Waals surface area contributed by atoms with Gasteiger partial charge < -0.3 is 19.3 Å². The van der Waals surface area contributed by atoms with Crippen LogP contribution in [0.4, 0.5) is 13.6 Å². The van der Waals surface area contributed by atoms with Crippen LogP contribution >= 0.6 is 0 Å². The van der Waals surface area contributed by atoms with E-state index in [4.69, 9.17) is 19.5 Å². The van der Waals surface area contributed by atoms with E-state index in [0.29, 0.717) is 5.92 Å². The number of hydrogen-bond acceptors (Lipinski definition) is 8. The van der Waals surface area contributed by atoms with E-state index in [2.05, 4.69) is 0 Å². The molecule has 0 unspecified atom stereocenters. The Labute approximate surface area is 238 Å². The van der Waals surface area contributed by atoms with Crippen molar-refractivity contribution in [2.45, 2.75) is 95.6 Å². The van der Waals surface area contributed by atoms with E-state index < -0.39 is 70.5 Å². The third-order valence-electron chi connectivity index (χ3n) is 11.9. The van der Waals surface area contributed by atoms with Crippen LogP contribution in [0.5, 0.6) is 0 Å². The Balaban J connectivity index is 1.39. The summed E-state index contributed by atoms with van der Waals surface area (Å²) in [5.74, 6) is -3.64. The molecule has 0 amide bonds. The number of esters is 1. The largest absolute Gasteiger partial charge is 0.509 e. The topological polar surface area (TPSA) is 123 Å². The third-order valence-corrected chi connectivity index (χ3v) is 11.9. The van der Waals surface area contributed by atoms with Gasteiger partial charge in [-0.2, -0.15) is 5.26 Å². The first-order chi connectivity index (χ1) is 19.3. The molecule has 6 rings (SSSR count). The van der Waals surface area contributed by atoms with Gasteiger partial charge in [0.1, 0.15) is 18.0 Å². The Kier molecular flexibility index (Phi) is 6.46. The van der Waals surface area contributed by atoms with Crippen molar-refractivity contribution in [1.29, 1.82) is 5.26 Å². The summed E-state index contributed by atoms with van der Waals surface area (Å²) in [6.07, 6.45) is 2.63. The lowest BCUT2D eigenvalue weighted by atomic mass is 9.45. The molecule has 4 fully saturated rings. The number of carbonyl (C=O) groups excluding carboxylic acids is 3. The van der Waals surface area contributed by atoms with Gasteiger partial charge in [-0.15, -0.1) is 0 Å². The first-order valence-electron chi connectivity index (χ1n) is 14.7. The smallest absolute Gasteiger partial charge is 0.447 e. The van der Waals surface area contributed by atoms with Gasteiger partial charge in [-0.1, -0.05) is 19.9 Å². The molecular weight excluding hydrogens is 536 g/mol. The van der Waals surface area contributed by atoms with Crippen LogP contribution in [0.25, 0.3) is 0 Å². The number of aliphatic hydroxyl groups is 1. The quantitative estimate of drug-likeness (QED) is 0.464. The Bertz CT molecular complexity index is 1290. The van der Waals surface area contributed by atoms with Gasteiger partial charge in [0, 0.05) is 35.5 Å². The van der Waals surface area contributed by atoms with Crippen LogP contribution in [-0.2, 0) is 23.8 Å². The second-order valence-electron chi connectivity index (χ2n) is 13.7. The fraction of sp³-hybridized carbons (Fsp3) is 0.742. The minimum absolute atomic E-state index is 0.0443. The van der Waals surface area contributed by atoms with Crippen LogP contribution in [0.3, 0.4) is 0 Å². The maximum Gasteiger partial charge on any atom is 0.509 e. The predicted octanol–water partition coefficient (Wildman–Crippen LogP) is 5.05. The summed E-state index contributed by atoms with van der Waals surface area (Å²) in [5, 5.41) is 20.8. The number of rotatable bonds is 4. The van der Waals surface area contributed by atoms with Crippen molar-refractivity contribution < 1.29 is 42.5 Å². The molecule has 1 N–H and O–H groups in total. The summed E-state index contributed by atoms with van der Waals surface area (Å²) in [5.41, 5.74) is -7.22. The zero-order valence-electron chi connectivity index (χ0n) is 23.7. The van der Waals surface area contributed by atoms with Crippen molar-refractivity contribution in [3.8, 4) is 6.07 Å². The lowest BCUT2D eigenvalue weighted by Gasteiger charge is -2.62. The number of allylic oxidation sites excluding steroid dienone is 4. The lowest BCUT2D eigenvalue weighted by Crippen LogP contribution is -2.70. The molecule has 0 heterocycles. The van der Waals surface area contributed by atoms with Gasteiger partial charge in [-0.05, 0) is 74.9 Å². The van der Waals surface area contributed by atoms with Crippen LogP contribution in [0, 0.1) is 51.8 Å². The Morgan fingerprint density at radius 1 is 1.20 bits per heavy atom. The van der Waals surface area contributed by atoms with E-state index in [1.165, 1.54) is 19.1 Å². The number of ketones is 1. The molecule has 2 bridgehead atoms. The number of alkyl halides is 1. The molecule has 4 saturated carbocycles. The lowest BCUT2D eigenvalue weighted by molar-refractivity contribution is -0.229. The van der Waals surface area contributed by atoms with E-state index in [9.17, 15) is 19.5 Å². The number of fused-ring (bicyclic) bond motifs is 7. The minimum Gasteiger partial charge on any atom is -0.447 e. The minimum atomic E-state index is -2.34. The number of carbonyl (C=O) groups is 3. The number of nitrogens with zero attached hydrogens (tertiary/aromatic N) is 1. The molecule has 6 aliphatic carbocycles. The average molecular weight is 574 g/mol. The van der Waals surface area contributed by atoms with Gasteiger partial charge >= 0.3 is 12.1 Å².